The van der Waals surface area contributed by atoms with Gasteiger partial charge in [-0.05, 0) is 30.4 Å². The van der Waals surface area contributed by atoms with Crippen LogP contribution < -0.4 is 11.3 Å². The highest BCUT2D eigenvalue weighted by atomic mass is 79.9. The summed E-state index contributed by atoms with van der Waals surface area (Å²) >= 11 is 3.37. The van der Waals surface area contributed by atoms with Crippen molar-refractivity contribution < 1.29 is 4.39 Å². The van der Waals surface area contributed by atoms with Crippen LogP contribution in [0.2, 0.25) is 0 Å². The molecule has 1 atom stereocenters. The van der Waals surface area contributed by atoms with Crippen molar-refractivity contribution in [3.63, 3.8) is 0 Å². The van der Waals surface area contributed by atoms with Crippen molar-refractivity contribution in [1.82, 2.24) is 5.43 Å². The minimum atomic E-state index is -0.226. The first-order valence-electron chi connectivity index (χ1n) is 5.75. The number of halogens is 2. The number of nitrogens with one attached hydrogen (secondary N) is 1. The Morgan fingerprint density at radius 3 is 2.53 bits per heavy atom. The van der Waals surface area contributed by atoms with E-state index >= 15 is 0 Å². The third-order valence-electron chi connectivity index (χ3n) is 2.73. The molecule has 0 spiro atoms. The molecule has 0 aliphatic carbocycles. The molecule has 1 aromatic rings. The lowest BCUT2D eigenvalue weighted by molar-refractivity contribution is 0.330. The van der Waals surface area contributed by atoms with Crippen molar-refractivity contribution in [2.45, 2.75) is 39.7 Å². The van der Waals surface area contributed by atoms with Crippen LogP contribution in [0.25, 0.3) is 0 Å². The summed E-state index contributed by atoms with van der Waals surface area (Å²) in [6, 6.07) is 4.81. The van der Waals surface area contributed by atoms with Crippen molar-refractivity contribution in [3.8, 4) is 0 Å². The number of hydrazine groups is 1. The Kier molecular flexibility index (Phi) is 5.10. The largest absolute Gasteiger partial charge is 0.271 e. The minimum Gasteiger partial charge on any atom is -0.271 e. The Morgan fingerprint density at radius 2 is 2.06 bits per heavy atom. The molecule has 3 N–H and O–H groups in total. The molecular weight excluding hydrogens is 283 g/mol. The lowest BCUT2D eigenvalue weighted by Gasteiger charge is -2.24. The van der Waals surface area contributed by atoms with Gasteiger partial charge in [-0.15, -0.1) is 0 Å². The van der Waals surface area contributed by atoms with Crippen LogP contribution >= 0.6 is 15.9 Å². The van der Waals surface area contributed by atoms with Gasteiger partial charge >= 0.3 is 0 Å². The normalized spacial score (nSPS) is 13.8. The Morgan fingerprint density at radius 1 is 1.41 bits per heavy atom. The number of benzene rings is 1. The molecule has 0 fully saturated rings. The minimum absolute atomic E-state index is 0.162. The van der Waals surface area contributed by atoms with E-state index in [1.165, 1.54) is 6.07 Å². The zero-order chi connectivity index (χ0) is 13.1. The van der Waals surface area contributed by atoms with E-state index in [-0.39, 0.29) is 17.3 Å². The van der Waals surface area contributed by atoms with E-state index in [0.717, 1.165) is 17.3 Å². The smallest absolute Gasteiger partial charge is 0.129 e. The third kappa shape index (κ3) is 4.37. The van der Waals surface area contributed by atoms with Gasteiger partial charge in [0.05, 0.1) is 0 Å². The molecule has 0 amide bonds. The fraction of sp³-hybridized carbons (Fsp3) is 0.538. The predicted octanol–water partition coefficient (Wildman–Crippen LogP) is 3.92. The maximum Gasteiger partial charge on any atom is 0.129 e. The van der Waals surface area contributed by atoms with Crippen LogP contribution in [0.3, 0.4) is 0 Å². The fourth-order valence-electron chi connectivity index (χ4n) is 1.73. The molecule has 0 aromatic heterocycles. The molecule has 0 aliphatic heterocycles. The van der Waals surface area contributed by atoms with Crippen molar-refractivity contribution in [1.29, 1.82) is 0 Å². The summed E-state index contributed by atoms with van der Waals surface area (Å²) in [5, 5.41) is 0. The summed E-state index contributed by atoms with van der Waals surface area (Å²) in [5.74, 6) is 5.31. The van der Waals surface area contributed by atoms with Crippen LogP contribution in [0.4, 0.5) is 4.39 Å². The SMILES string of the molecule is CC(C)(C)CCC(NN)c1c(F)cccc1Br. The summed E-state index contributed by atoms with van der Waals surface area (Å²) in [6.07, 6.45) is 1.78. The zero-order valence-electron chi connectivity index (χ0n) is 10.6. The molecule has 1 rings (SSSR count). The predicted molar refractivity (Wildman–Crippen MR) is 72.9 cm³/mol. The van der Waals surface area contributed by atoms with E-state index in [1.807, 2.05) is 6.07 Å². The second-order valence-corrected chi connectivity index (χ2v) is 6.31. The van der Waals surface area contributed by atoms with Gasteiger partial charge < -0.3 is 0 Å². The molecule has 1 aromatic carbocycles. The molecule has 96 valence electrons. The number of nitrogens with two attached hydrogens (primary N) is 1. The molecule has 0 radical (unpaired) electrons. The van der Waals surface area contributed by atoms with Crippen LogP contribution in [0.1, 0.15) is 45.2 Å². The van der Waals surface area contributed by atoms with Gasteiger partial charge in [-0.3, -0.25) is 11.3 Å². The topological polar surface area (TPSA) is 38.0 Å². The van der Waals surface area contributed by atoms with Gasteiger partial charge in [-0.25, -0.2) is 4.39 Å². The lowest BCUT2D eigenvalue weighted by atomic mass is 9.87. The van der Waals surface area contributed by atoms with E-state index < -0.39 is 0 Å². The van der Waals surface area contributed by atoms with Gasteiger partial charge in [0.25, 0.3) is 0 Å². The van der Waals surface area contributed by atoms with Gasteiger partial charge in [-0.1, -0.05) is 42.8 Å². The first-order chi connectivity index (χ1) is 7.85. The highest BCUT2D eigenvalue weighted by Crippen LogP contribution is 2.32. The lowest BCUT2D eigenvalue weighted by Crippen LogP contribution is -2.30. The molecule has 0 saturated carbocycles. The highest BCUT2D eigenvalue weighted by Gasteiger charge is 2.20. The van der Waals surface area contributed by atoms with E-state index in [1.54, 1.807) is 6.07 Å². The third-order valence-corrected chi connectivity index (χ3v) is 3.42. The molecule has 0 heterocycles. The standard InChI is InChI=1S/C13H20BrFN2/c1-13(2,3)8-7-11(17-16)12-9(14)5-4-6-10(12)15/h4-6,11,17H,7-8,16H2,1-3H3. The maximum atomic E-state index is 13.8. The van der Waals surface area contributed by atoms with Crippen molar-refractivity contribution >= 4 is 15.9 Å². The van der Waals surface area contributed by atoms with Crippen LogP contribution in [-0.4, -0.2) is 0 Å². The van der Waals surface area contributed by atoms with Gasteiger partial charge in [0, 0.05) is 16.1 Å². The quantitative estimate of drug-likeness (QED) is 0.653. The van der Waals surface area contributed by atoms with Gasteiger partial charge in [0.1, 0.15) is 5.82 Å². The summed E-state index contributed by atoms with van der Waals surface area (Å²) in [5.41, 5.74) is 3.53. The number of hydrogen-bond donors (Lipinski definition) is 2. The van der Waals surface area contributed by atoms with Gasteiger partial charge in [0.2, 0.25) is 0 Å². The molecule has 0 bridgehead atoms. The first kappa shape index (κ1) is 14.6. The molecule has 4 heteroatoms. The molecule has 2 nitrogen and oxygen atoms in total. The van der Waals surface area contributed by atoms with Crippen LogP contribution in [0.5, 0.6) is 0 Å². The average Bonchev–Trinajstić information content (AvgIpc) is 2.21. The number of hydrogen-bond acceptors (Lipinski definition) is 2. The summed E-state index contributed by atoms with van der Waals surface area (Å²) in [7, 11) is 0. The van der Waals surface area contributed by atoms with Crippen LogP contribution in [0.15, 0.2) is 22.7 Å². The van der Waals surface area contributed by atoms with Crippen molar-refractivity contribution in [2.75, 3.05) is 0 Å². The summed E-state index contributed by atoms with van der Waals surface area (Å²) < 4.78 is 14.5. The van der Waals surface area contributed by atoms with E-state index in [2.05, 4.69) is 42.1 Å². The fourth-order valence-corrected chi connectivity index (χ4v) is 2.35. The van der Waals surface area contributed by atoms with Crippen molar-refractivity contribution in [2.24, 2.45) is 11.3 Å². The van der Waals surface area contributed by atoms with Gasteiger partial charge in [0.15, 0.2) is 0 Å². The Labute approximate surface area is 111 Å². The Hall–Kier alpha value is -0.450. The van der Waals surface area contributed by atoms with Crippen molar-refractivity contribution in [3.05, 3.63) is 34.1 Å². The second kappa shape index (κ2) is 5.94. The number of rotatable bonds is 4. The maximum absolute atomic E-state index is 13.8. The van der Waals surface area contributed by atoms with E-state index in [4.69, 9.17) is 5.84 Å². The second-order valence-electron chi connectivity index (χ2n) is 5.45. The van der Waals surface area contributed by atoms with Crippen LogP contribution in [0, 0.1) is 11.2 Å². The van der Waals surface area contributed by atoms with E-state index in [9.17, 15) is 4.39 Å². The summed E-state index contributed by atoms with van der Waals surface area (Å²) in [6.45, 7) is 6.49. The summed E-state index contributed by atoms with van der Waals surface area (Å²) in [4.78, 5) is 0. The highest BCUT2D eigenvalue weighted by molar-refractivity contribution is 9.10. The molecule has 0 aliphatic rings. The molecule has 1 unspecified atom stereocenters. The monoisotopic (exact) mass is 302 g/mol. The Balaban J connectivity index is 2.87. The molecule has 0 saturated heterocycles. The molecule has 17 heavy (non-hydrogen) atoms. The Bertz CT molecular complexity index is 354. The van der Waals surface area contributed by atoms with Crippen LogP contribution in [-0.2, 0) is 0 Å². The van der Waals surface area contributed by atoms with E-state index in [0.29, 0.717) is 5.56 Å². The zero-order valence-corrected chi connectivity index (χ0v) is 12.1. The molecular formula is C13H20BrFN2. The van der Waals surface area contributed by atoms with Gasteiger partial charge in [-0.2, -0.15) is 0 Å². The first-order valence-corrected chi connectivity index (χ1v) is 6.54. The average molecular weight is 303 g/mol.